The molecule has 0 radical (unpaired) electrons. The molecule has 0 aliphatic rings. The Balaban J connectivity index is 0.000000665. The molecule has 0 fully saturated rings. The number of aromatic amines is 1. The van der Waals surface area contributed by atoms with Crippen molar-refractivity contribution >= 4 is 57.9 Å². The highest BCUT2D eigenvalue weighted by atomic mass is 127. The zero-order chi connectivity index (χ0) is 28.4. The summed E-state index contributed by atoms with van der Waals surface area (Å²) in [7, 11) is 1.99. The van der Waals surface area contributed by atoms with Gasteiger partial charge in [-0.15, -0.1) is 24.0 Å². The number of halogens is 1. The van der Waals surface area contributed by atoms with E-state index < -0.39 is 11.8 Å². The van der Waals surface area contributed by atoms with E-state index in [-0.39, 0.29) is 31.4 Å². The van der Waals surface area contributed by atoms with E-state index in [0.717, 1.165) is 74.4 Å². The van der Waals surface area contributed by atoms with E-state index in [1.165, 1.54) is 5.56 Å². The second-order valence-corrected chi connectivity index (χ2v) is 9.13. The van der Waals surface area contributed by atoms with Gasteiger partial charge < -0.3 is 21.0 Å². The predicted octanol–water partition coefficient (Wildman–Crippen LogP) is 6.59. The van der Waals surface area contributed by atoms with Crippen LogP contribution in [-0.4, -0.2) is 31.3 Å². The van der Waals surface area contributed by atoms with Crippen molar-refractivity contribution in [1.29, 1.82) is 0 Å². The van der Waals surface area contributed by atoms with E-state index in [2.05, 4.69) is 33.4 Å². The third-order valence-corrected chi connectivity index (χ3v) is 7.28. The number of H-pyrrole nitrogens is 1. The molecule has 0 aliphatic heterocycles. The quantitative estimate of drug-likeness (QED) is 0.215. The first-order valence-corrected chi connectivity index (χ1v) is 12.9. The van der Waals surface area contributed by atoms with Crippen LogP contribution in [0, 0.1) is 41.5 Å². The fourth-order valence-electron chi connectivity index (χ4n) is 4.77. The normalized spacial score (nSPS) is 10.1. The minimum atomic E-state index is -0.402. The van der Waals surface area contributed by atoms with Crippen LogP contribution in [0.25, 0.3) is 22.1 Å². The Morgan fingerprint density at radius 2 is 1.23 bits per heavy atom. The first-order chi connectivity index (χ1) is 17.4. The molecule has 4 rings (SSSR count). The van der Waals surface area contributed by atoms with Crippen molar-refractivity contribution in [2.45, 2.75) is 89.5 Å². The van der Waals surface area contributed by atoms with E-state index in [4.69, 9.17) is 11.5 Å². The van der Waals surface area contributed by atoms with E-state index in [0.29, 0.717) is 11.1 Å². The van der Waals surface area contributed by atoms with Crippen molar-refractivity contribution in [3.8, 4) is 0 Å². The number of nitrogens with zero attached hydrogens (tertiary/aromatic N) is 3. The summed E-state index contributed by atoms with van der Waals surface area (Å²) in [6, 6.07) is 0. The van der Waals surface area contributed by atoms with Crippen LogP contribution in [0.4, 0.5) is 0 Å². The van der Waals surface area contributed by atoms with Crippen molar-refractivity contribution < 1.29 is 9.59 Å². The summed E-state index contributed by atoms with van der Waals surface area (Å²) >= 11 is 0. The molecule has 2 heterocycles. The highest BCUT2D eigenvalue weighted by molar-refractivity contribution is 14.0. The lowest BCUT2D eigenvalue weighted by Gasteiger charge is -2.12. The maximum atomic E-state index is 11.7. The molecule has 9 heteroatoms. The highest BCUT2D eigenvalue weighted by Gasteiger charge is 2.21. The largest absolute Gasteiger partial charge is 0.366 e. The van der Waals surface area contributed by atoms with Gasteiger partial charge in [0.1, 0.15) is 17.2 Å². The number of nitrogens with two attached hydrogens (primary N) is 2. The summed E-state index contributed by atoms with van der Waals surface area (Å²) in [5.74, 6) is 1.06. The monoisotopic (exact) mass is 650 g/mol. The van der Waals surface area contributed by atoms with Crippen molar-refractivity contribution in [2.24, 2.45) is 18.5 Å². The van der Waals surface area contributed by atoms with Crippen LogP contribution in [0.3, 0.4) is 0 Å². The third-order valence-electron chi connectivity index (χ3n) is 7.28. The summed E-state index contributed by atoms with van der Waals surface area (Å²) in [4.78, 5) is 35.5. The fraction of sp³-hybridized carbons (Fsp3) is 0.467. The number of fused-ring (bicyclic) bond motifs is 2. The first-order valence-electron chi connectivity index (χ1n) is 12.9. The molecule has 216 valence electrons. The van der Waals surface area contributed by atoms with Crippen molar-refractivity contribution in [3.05, 3.63) is 56.2 Å². The van der Waals surface area contributed by atoms with Gasteiger partial charge in [-0.1, -0.05) is 35.1 Å². The summed E-state index contributed by atoms with van der Waals surface area (Å²) in [6.07, 6.45) is 1.64. The number of aryl methyl sites for hydroxylation is 5. The van der Waals surface area contributed by atoms with Crippen LogP contribution < -0.4 is 11.5 Å². The number of nitrogens with one attached hydrogen (secondary N) is 1. The number of hydrogen-bond acceptors (Lipinski definition) is 4. The minimum Gasteiger partial charge on any atom is -0.366 e. The zero-order valence-corrected chi connectivity index (χ0v) is 27.0. The number of benzene rings is 2. The second-order valence-electron chi connectivity index (χ2n) is 9.13. The van der Waals surface area contributed by atoms with E-state index in [1.54, 1.807) is 0 Å². The van der Waals surface area contributed by atoms with Gasteiger partial charge in [-0.05, 0) is 74.9 Å². The number of carbonyl (C=O) groups is 2. The summed E-state index contributed by atoms with van der Waals surface area (Å²) in [5.41, 5.74) is 21.8. The van der Waals surface area contributed by atoms with Gasteiger partial charge in [-0.25, -0.2) is 9.97 Å². The highest BCUT2D eigenvalue weighted by Crippen LogP contribution is 2.30. The molecule has 39 heavy (non-hydrogen) atoms. The second kappa shape index (κ2) is 14.4. The van der Waals surface area contributed by atoms with Gasteiger partial charge >= 0.3 is 0 Å². The average Bonchev–Trinajstić information content (AvgIpc) is 3.43. The Kier molecular flexibility index (Phi) is 13.3. The average molecular weight is 651 g/mol. The van der Waals surface area contributed by atoms with Crippen LogP contribution in [0.15, 0.2) is 0 Å². The first kappa shape index (κ1) is 36.0. The Hall–Kier alpha value is -2.95. The van der Waals surface area contributed by atoms with Crippen LogP contribution in [0.1, 0.15) is 101 Å². The van der Waals surface area contributed by atoms with Gasteiger partial charge in [0.25, 0.3) is 11.8 Å². The summed E-state index contributed by atoms with van der Waals surface area (Å²) in [6.45, 7) is 20.0. The topological polar surface area (TPSA) is 133 Å². The number of amides is 2. The lowest BCUT2D eigenvalue weighted by Crippen LogP contribution is -2.15. The van der Waals surface area contributed by atoms with Gasteiger partial charge in [-0.2, -0.15) is 0 Å². The third kappa shape index (κ3) is 6.45. The molecule has 0 aliphatic carbocycles. The Morgan fingerprint density at radius 1 is 0.744 bits per heavy atom. The lowest BCUT2D eigenvalue weighted by molar-refractivity contribution is 0.0992. The molecule has 0 bridgehead atoms. The molecule has 4 aromatic rings. The summed E-state index contributed by atoms with van der Waals surface area (Å²) in [5, 5.41) is 0. The van der Waals surface area contributed by atoms with E-state index >= 15 is 0 Å². The molecule has 2 aromatic heterocycles. The number of carbonyl (C=O) groups excluding carboxylic acids is 2. The molecule has 0 spiro atoms. The van der Waals surface area contributed by atoms with Crippen molar-refractivity contribution in [2.75, 3.05) is 0 Å². The Labute approximate surface area is 250 Å². The minimum absolute atomic E-state index is 0. The molecule has 0 atom stereocenters. The van der Waals surface area contributed by atoms with Crippen LogP contribution >= 0.6 is 24.0 Å². The van der Waals surface area contributed by atoms with Gasteiger partial charge in [-0.3, -0.25) is 9.59 Å². The van der Waals surface area contributed by atoms with Crippen LogP contribution in [0.5, 0.6) is 0 Å². The number of primary amides is 2. The molecule has 2 aromatic carbocycles. The van der Waals surface area contributed by atoms with E-state index in [1.807, 2.05) is 62.4 Å². The number of rotatable bonds is 4. The molecular weight excluding hydrogens is 603 g/mol. The summed E-state index contributed by atoms with van der Waals surface area (Å²) < 4.78 is 2.06. The molecular formula is C30H47IN6O2. The molecule has 5 N–H and O–H groups in total. The predicted molar refractivity (Wildman–Crippen MR) is 175 cm³/mol. The molecule has 2 amide bonds. The molecule has 0 saturated carbocycles. The van der Waals surface area contributed by atoms with Crippen LogP contribution in [0.2, 0.25) is 0 Å². The fourth-order valence-corrected chi connectivity index (χ4v) is 4.77. The number of imidazole rings is 2. The number of hydrogen-bond donors (Lipinski definition) is 3. The van der Waals surface area contributed by atoms with E-state index in [9.17, 15) is 9.59 Å². The number of aromatic nitrogens is 4. The van der Waals surface area contributed by atoms with Gasteiger partial charge in [0.15, 0.2) is 0 Å². The molecule has 0 unspecified atom stereocenters. The SMILES string of the molecule is C.CC.CCc1nc2c(C(N)=O)c(C)c(C)c(C)c2n1C.CCc1nc2c(C)c(C)c(C)c(C(N)=O)c2[nH]1.I. The Bertz CT molecular complexity index is 1500. The smallest absolute Gasteiger partial charge is 0.251 e. The van der Waals surface area contributed by atoms with Crippen molar-refractivity contribution in [3.63, 3.8) is 0 Å². The lowest BCUT2D eigenvalue weighted by atomic mass is 9.96. The van der Waals surface area contributed by atoms with Crippen molar-refractivity contribution in [1.82, 2.24) is 19.5 Å². The molecule has 8 nitrogen and oxygen atoms in total. The van der Waals surface area contributed by atoms with Gasteiger partial charge in [0.05, 0.1) is 27.7 Å². The Morgan fingerprint density at radius 3 is 1.69 bits per heavy atom. The zero-order valence-electron chi connectivity index (χ0n) is 24.6. The maximum absolute atomic E-state index is 11.7. The van der Waals surface area contributed by atoms with Crippen LogP contribution in [-0.2, 0) is 19.9 Å². The molecule has 0 saturated heterocycles. The standard InChI is InChI=1S/C14H19N3O.C13H17N3O.C2H6.CH4.HI/c1-6-10-16-12-11(14(15)18)8(3)7(2)9(4)13(12)17(10)5;1-5-9-15-11-8(4)6(2)7(3)10(13(14)17)12(11)16-9;1-2;;/h6H2,1-5H3,(H2,15,18);5H2,1-4H3,(H2,14,17)(H,15,16);1-2H3;1H4;1H. The maximum Gasteiger partial charge on any atom is 0.251 e. The van der Waals surface area contributed by atoms with Gasteiger partial charge in [0.2, 0.25) is 0 Å². The van der Waals surface area contributed by atoms with Gasteiger partial charge in [0, 0.05) is 19.9 Å².